The summed E-state index contributed by atoms with van der Waals surface area (Å²) < 4.78 is 5.95. The van der Waals surface area contributed by atoms with E-state index in [2.05, 4.69) is 26.2 Å². The average Bonchev–Trinajstić information content (AvgIpc) is 2.50. The van der Waals surface area contributed by atoms with E-state index in [1.54, 1.807) is 12.1 Å². The van der Waals surface area contributed by atoms with E-state index in [1.807, 2.05) is 36.4 Å². The minimum atomic E-state index is -0.619. The Kier molecular flexibility index (Phi) is 4.27. The molecule has 0 spiro atoms. The third-order valence-corrected chi connectivity index (χ3v) is 3.79. The fourth-order valence-electron chi connectivity index (χ4n) is 2.01. The molecule has 0 aliphatic rings. The molecule has 0 radical (unpaired) electrons. The number of anilines is 1. The molecule has 110 valence electrons. The lowest BCUT2D eigenvalue weighted by atomic mass is 10.1. The van der Waals surface area contributed by atoms with Gasteiger partial charge in [0.05, 0.1) is 9.50 Å². The van der Waals surface area contributed by atoms with Crippen molar-refractivity contribution >= 4 is 50.2 Å². The summed E-state index contributed by atoms with van der Waals surface area (Å²) in [7, 11) is 0. The first-order valence-electron chi connectivity index (χ1n) is 6.41. The molecule has 0 unspecified atom stereocenters. The summed E-state index contributed by atoms with van der Waals surface area (Å²) >= 11 is 9.10. The van der Waals surface area contributed by atoms with E-state index in [9.17, 15) is 4.79 Å². The maximum Gasteiger partial charge on any atom is 0.418 e. The van der Waals surface area contributed by atoms with Crippen molar-refractivity contribution in [3.63, 3.8) is 0 Å². The van der Waals surface area contributed by atoms with Gasteiger partial charge in [-0.2, -0.15) is 0 Å². The second-order valence-electron chi connectivity index (χ2n) is 4.48. The third-order valence-electron chi connectivity index (χ3n) is 2.98. The SMILES string of the molecule is O=C(Nc1ncc(Cl)cc1Br)Oc1cccc2ccccc12. The van der Waals surface area contributed by atoms with Crippen molar-refractivity contribution in [2.45, 2.75) is 0 Å². The summed E-state index contributed by atoms with van der Waals surface area (Å²) in [5, 5.41) is 4.91. The number of nitrogens with one attached hydrogen (secondary N) is 1. The summed E-state index contributed by atoms with van der Waals surface area (Å²) in [4.78, 5) is 16.1. The third kappa shape index (κ3) is 3.21. The second-order valence-corrected chi connectivity index (χ2v) is 5.77. The topological polar surface area (TPSA) is 51.2 Å². The van der Waals surface area contributed by atoms with Gasteiger partial charge in [0, 0.05) is 11.6 Å². The van der Waals surface area contributed by atoms with Crippen LogP contribution in [-0.4, -0.2) is 11.1 Å². The fourth-order valence-corrected chi connectivity index (χ4v) is 2.75. The number of nitrogens with zero attached hydrogens (tertiary/aromatic N) is 1. The van der Waals surface area contributed by atoms with E-state index in [4.69, 9.17) is 16.3 Å². The molecule has 1 aromatic heterocycles. The monoisotopic (exact) mass is 376 g/mol. The molecule has 3 aromatic rings. The first-order valence-corrected chi connectivity index (χ1v) is 7.58. The molecule has 6 heteroatoms. The highest BCUT2D eigenvalue weighted by atomic mass is 79.9. The Morgan fingerprint density at radius 3 is 2.77 bits per heavy atom. The van der Waals surface area contributed by atoms with E-state index in [1.165, 1.54) is 6.20 Å². The van der Waals surface area contributed by atoms with Crippen molar-refractivity contribution in [2.75, 3.05) is 5.32 Å². The highest BCUT2D eigenvalue weighted by Crippen LogP contribution is 2.26. The van der Waals surface area contributed by atoms with Crippen LogP contribution in [0.5, 0.6) is 5.75 Å². The van der Waals surface area contributed by atoms with Crippen LogP contribution >= 0.6 is 27.5 Å². The number of rotatable bonds is 2. The van der Waals surface area contributed by atoms with Crippen LogP contribution in [0.3, 0.4) is 0 Å². The number of carbonyl (C=O) groups excluding carboxylic acids is 1. The minimum absolute atomic E-state index is 0.342. The van der Waals surface area contributed by atoms with Crippen molar-refractivity contribution in [2.24, 2.45) is 0 Å². The number of aromatic nitrogens is 1. The zero-order valence-electron chi connectivity index (χ0n) is 11.2. The Hall–Kier alpha value is -2.11. The highest BCUT2D eigenvalue weighted by Gasteiger charge is 2.11. The second kappa shape index (κ2) is 6.34. The molecule has 2 aromatic carbocycles. The van der Waals surface area contributed by atoms with Crippen LogP contribution < -0.4 is 10.1 Å². The van der Waals surface area contributed by atoms with Crippen molar-refractivity contribution in [3.05, 3.63) is 64.2 Å². The number of ether oxygens (including phenoxy) is 1. The Morgan fingerprint density at radius 1 is 1.18 bits per heavy atom. The van der Waals surface area contributed by atoms with E-state index in [0.29, 0.717) is 21.1 Å². The molecule has 0 saturated heterocycles. The van der Waals surface area contributed by atoms with Crippen molar-refractivity contribution in [1.29, 1.82) is 0 Å². The van der Waals surface area contributed by atoms with E-state index < -0.39 is 6.09 Å². The molecule has 3 rings (SSSR count). The maximum absolute atomic E-state index is 12.0. The van der Waals surface area contributed by atoms with Gasteiger partial charge in [0.25, 0.3) is 0 Å². The number of hydrogen-bond donors (Lipinski definition) is 1. The molecule has 0 bridgehead atoms. The van der Waals surface area contributed by atoms with Crippen LogP contribution in [0, 0.1) is 0 Å². The van der Waals surface area contributed by atoms with Gasteiger partial charge >= 0.3 is 6.09 Å². The van der Waals surface area contributed by atoms with Gasteiger partial charge in [0.15, 0.2) is 0 Å². The molecule has 0 aliphatic carbocycles. The van der Waals surface area contributed by atoms with Crippen LogP contribution in [0.1, 0.15) is 0 Å². The summed E-state index contributed by atoms with van der Waals surface area (Å²) in [6, 6.07) is 14.9. The quantitative estimate of drug-likeness (QED) is 0.662. The van der Waals surface area contributed by atoms with Crippen LogP contribution in [0.2, 0.25) is 5.02 Å². The predicted octanol–water partition coefficient (Wildman–Crippen LogP) is 5.26. The van der Waals surface area contributed by atoms with Gasteiger partial charge in [-0.1, -0.05) is 48.0 Å². The summed E-state index contributed by atoms with van der Waals surface area (Å²) in [6.07, 6.45) is 0.826. The largest absolute Gasteiger partial charge is 0.418 e. The molecule has 0 atom stereocenters. The lowest BCUT2D eigenvalue weighted by Gasteiger charge is -2.09. The van der Waals surface area contributed by atoms with Gasteiger partial charge in [-0.25, -0.2) is 9.78 Å². The molecule has 0 fully saturated rings. The molecule has 1 amide bonds. The first-order chi connectivity index (χ1) is 10.6. The molecule has 0 aliphatic heterocycles. The van der Waals surface area contributed by atoms with Gasteiger partial charge in [-0.15, -0.1) is 0 Å². The van der Waals surface area contributed by atoms with Crippen LogP contribution in [-0.2, 0) is 0 Å². The molecule has 4 nitrogen and oxygen atoms in total. The smallest absolute Gasteiger partial charge is 0.409 e. The van der Waals surface area contributed by atoms with Crippen LogP contribution in [0.25, 0.3) is 10.8 Å². The van der Waals surface area contributed by atoms with Gasteiger partial charge in [-0.3, -0.25) is 5.32 Å². The number of benzene rings is 2. The number of pyridine rings is 1. The summed E-state index contributed by atoms with van der Waals surface area (Å²) in [5.41, 5.74) is 0. The lowest BCUT2D eigenvalue weighted by molar-refractivity contribution is 0.215. The van der Waals surface area contributed by atoms with Gasteiger partial charge in [-0.05, 0) is 33.4 Å². The average molecular weight is 378 g/mol. The first kappa shape index (κ1) is 14.8. The number of carbonyl (C=O) groups is 1. The van der Waals surface area contributed by atoms with Gasteiger partial charge in [0.2, 0.25) is 0 Å². The van der Waals surface area contributed by atoms with Gasteiger partial charge in [0.1, 0.15) is 11.6 Å². The maximum atomic E-state index is 12.0. The Morgan fingerprint density at radius 2 is 1.95 bits per heavy atom. The zero-order valence-corrected chi connectivity index (χ0v) is 13.6. The van der Waals surface area contributed by atoms with Crippen LogP contribution in [0.4, 0.5) is 10.6 Å². The standard InChI is InChI=1S/C16H10BrClN2O2/c17-13-8-11(18)9-19-15(13)20-16(21)22-14-7-3-5-10-4-1-2-6-12(10)14/h1-9H,(H,19,20,21). The van der Waals surface area contributed by atoms with Crippen molar-refractivity contribution in [1.82, 2.24) is 4.98 Å². The Labute approximate surface area is 140 Å². The molecule has 1 heterocycles. The molecule has 22 heavy (non-hydrogen) atoms. The van der Waals surface area contributed by atoms with Crippen LogP contribution in [0.15, 0.2) is 59.2 Å². The van der Waals surface area contributed by atoms with Gasteiger partial charge < -0.3 is 4.74 Å². The minimum Gasteiger partial charge on any atom is -0.409 e. The van der Waals surface area contributed by atoms with Crippen molar-refractivity contribution in [3.8, 4) is 5.75 Å². The van der Waals surface area contributed by atoms with E-state index >= 15 is 0 Å². The highest BCUT2D eigenvalue weighted by molar-refractivity contribution is 9.10. The number of fused-ring (bicyclic) bond motifs is 1. The normalized spacial score (nSPS) is 10.5. The summed E-state index contributed by atoms with van der Waals surface area (Å²) in [5.74, 6) is 0.829. The summed E-state index contributed by atoms with van der Waals surface area (Å²) in [6.45, 7) is 0. The van der Waals surface area contributed by atoms with E-state index in [0.717, 1.165) is 10.8 Å². The lowest BCUT2D eigenvalue weighted by Crippen LogP contribution is -2.18. The molecular formula is C16H10BrClN2O2. The number of hydrogen-bond acceptors (Lipinski definition) is 3. The fraction of sp³-hybridized carbons (Fsp3) is 0. The van der Waals surface area contributed by atoms with Crippen molar-refractivity contribution < 1.29 is 9.53 Å². The molecule has 1 N–H and O–H groups in total. The Bertz CT molecular complexity index is 849. The number of amides is 1. The molecule has 0 saturated carbocycles. The van der Waals surface area contributed by atoms with E-state index in [-0.39, 0.29) is 0 Å². The zero-order chi connectivity index (χ0) is 15.5. The Balaban J connectivity index is 1.81. The predicted molar refractivity (Wildman–Crippen MR) is 90.5 cm³/mol. The number of halogens is 2. The molecular weight excluding hydrogens is 368 g/mol.